The summed E-state index contributed by atoms with van der Waals surface area (Å²) < 4.78 is 5.06. The molecule has 0 aliphatic carbocycles. The Kier molecular flexibility index (Phi) is 6.52. The van der Waals surface area contributed by atoms with Crippen LogP contribution in [0.5, 0.6) is 5.75 Å². The zero-order chi connectivity index (χ0) is 14.3. The minimum Gasteiger partial charge on any atom is -0.497 e. The number of methoxy groups -OCH3 is 1. The first-order chi connectivity index (χ1) is 9.06. The van der Waals surface area contributed by atoms with Gasteiger partial charge in [0, 0.05) is 18.4 Å². The van der Waals surface area contributed by atoms with Crippen molar-refractivity contribution in [3.8, 4) is 5.75 Å². The molecule has 0 unspecified atom stereocenters. The van der Waals surface area contributed by atoms with Crippen LogP contribution in [0, 0.1) is 0 Å². The van der Waals surface area contributed by atoms with Gasteiger partial charge in [0.1, 0.15) is 5.75 Å². The number of nitrogens with zero attached hydrogens (tertiary/aromatic N) is 1. The summed E-state index contributed by atoms with van der Waals surface area (Å²) in [4.78, 5) is 13.8. The second-order valence-electron chi connectivity index (χ2n) is 4.23. The van der Waals surface area contributed by atoms with Crippen molar-refractivity contribution >= 4 is 29.0 Å². The third kappa shape index (κ3) is 5.40. The van der Waals surface area contributed by atoms with Gasteiger partial charge in [0.15, 0.2) is 0 Å². The van der Waals surface area contributed by atoms with Crippen molar-refractivity contribution in [1.82, 2.24) is 4.90 Å². The monoisotopic (exact) mass is 283 g/mol. The number of hydrogen-bond acceptors (Lipinski definition) is 5. The molecule has 1 amide bonds. The van der Waals surface area contributed by atoms with Crippen LogP contribution < -0.4 is 15.8 Å². The molecule has 1 rings (SSSR count). The van der Waals surface area contributed by atoms with Gasteiger partial charge in [-0.05, 0) is 25.4 Å². The molecular formula is C13H21N3O2S. The summed E-state index contributed by atoms with van der Waals surface area (Å²) in [7, 11) is 3.50. The van der Waals surface area contributed by atoms with Crippen LogP contribution in [0.1, 0.15) is 0 Å². The standard InChI is InChI=1S/C13H21N3O2S/c1-16(6-7-19-3)9-13(17)15-12-5-4-10(18-2)8-11(12)14/h4-5,8H,6-7,9,14H2,1-3H3,(H,15,17). The molecule has 0 spiro atoms. The molecule has 0 atom stereocenters. The van der Waals surface area contributed by atoms with Crippen molar-refractivity contribution in [3.05, 3.63) is 18.2 Å². The molecular weight excluding hydrogens is 262 g/mol. The van der Waals surface area contributed by atoms with Gasteiger partial charge in [-0.25, -0.2) is 0 Å². The SMILES string of the molecule is COc1ccc(NC(=O)CN(C)CCSC)c(N)c1. The third-order valence-electron chi connectivity index (χ3n) is 2.62. The Balaban J connectivity index is 2.52. The van der Waals surface area contributed by atoms with Gasteiger partial charge in [0.2, 0.25) is 5.91 Å². The number of carbonyl (C=O) groups excluding carboxylic acids is 1. The van der Waals surface area contributed by atoms with Crippen LogP contribution in [0.3, 0.4) is 0 Å². The highest BCUT2D eigenvalue weighted by atomic mass is 32.2. The van der Waals surface area contributed by atoms with E-state index in [0.717, 1.165) is 12.3 Å². The number of hydrogen-bond donors (Lipinski definition) is 2. The largest absolute Gasteiger partial charge is 0.497 e. The molecule has 0 saturated carbocycles. The normalized spacial score (nSPS) is 10.5. The van der Waals surface area contributed by atoms with E-state index in [-0.39, 0.29) is 5.91 Å². The number of nitrogens with two attached hydrogens (primary N) is 1. The molecule has 6 heteroatoms. The van der Waals surface area contributed by atoms with Crippen LogP contribution in [0.25, 0.3) is 0 Å². The number of anilines is 2. The van der Waals surface area contributed by atoms with Crippen LogP contribution in [0.15, 0.2) is 18.2 Å². The van der Waals surface area contributed by atoms with Crippen molar-refractivity contribution in [2.45, 2.75) is 0 Å². The van der Waals surface area contributed by atoms with Crippen molar-refractivity contribution < 1.29 is 9.53 Å². The molecule has 1 aromatic carbocycles. The Morgan fingerprint density at radius 1 is 1.53 bits per heavy atom. The zero-order valence-electron chi connectivity index (χ0n) is 11.6. The molecule has 3 N–H and O–H groups in total. The molecule has 19 heavy (non-hydrogen) atoms. The highest BCUT2D eigenvalue weighted by molar-refractivity contribution is 7.98. The Morgan fingerprint density at radius 2 is 2.26 bits per heavy atom. The number of likely N-dealkylation sites (N-methyl/N-ethyl adjacent to an activating group) is 1. The molecule has 0 saturated heterocycles. The maximum Gasteiger partial charge on any atom is 0.238 e. The fourth-order valence-corrected chi connectivity index (χ4v) is 2.04. The predicted molar refractivity (Wildman–Crippen MR) is 81.9 cm³/mol. The van der Waals surface area contributed by atoms with Crippen LogP contribution in [0.4, 0.5) is 11.4 Å². The number of thioether (sulfide) groups is 1. The number of nitrogens with one attached hydrogen (secondary N) is 1. The van der Waals surface area contributed by atoms with Gasteiger partial charge in [-0.2, -0.15) is 11.8 Å². The second kappa shape index (κ2) is 7.91. The maximum absolute atomic E-state index is 11.8. The van der Waals surface area contributed by atoms with Crippen LogP contribution in [-0.2, 0) is 4.79 Å². The first-order valence-electron chi connectivity index (χ1n) is 5.97. The lowest BCUT2D eigenvalue weighted by atomic mass is 10.2. The molecule has 0 radical (unpaired) electrons. The lowest BCUT2D eigenvalue weighted by molar-refractivity contribution is -0.117. The van der Waals surface area contributed by atoms with E-state index in [9.17, 15) is 4.79 Å². The second-order valence-corrected chi connectivity index (χ2v) is 5.22. The highest BCUT2D eigenvalue weighted by Gasteiger charge is 2.08. The van der Waals surface area contributed by atoms with E-state index in [4.69, 9.17) is 10.5 Å². The number of amides is 1. The third-order valence-corrected chi connectivity index (χ3v) is 3.21. The van der Waals surface area contributed by atoms with Crippen molar-refractivity contribution in [2.75, 3.05) is 50.3 Å². The van der Waals surface area contributed by atoms with E-state index in [1.165, 1.54) is 0 Å². The molecule has 1 aromatic rings. The summed E-state index contributed by atoms with van der Waals surface area (Å²) in [6, 6.07) is 5.20. The van der Waals surface area contributed by atoms with Crippen LogP contribution in [-0.4, -0.2) is 50.1 Å². The summed E-state index contributed by atoms with van der Waals surface area (Å²) >= 11 is 1.76. The number of ether oxygens (including phenoxy) is 1. The summed E-state index contributed by atoms with van der Waals surface area (Å²) in [6.07, 6.45) is 2.05. The van der Waals surface area contributed by atoms with E-state index in [0.29, 0.717) is 23.7 Å². The summed E-state index contributed by atoms with van der Waals surface area (Å²) in [5, 5.41) is 2.80. The first kappa shape index (κ1) is 15.7. The predicted octanol–water partition coefficient (Wildman–Crippen LogP) is 1.51. The molecule has 0 fully saturated rings. The summed E-state index contributed by atoms with van der Waals surface area (Å²) in [5.41, 5.74) is 6.96. The van der Waals surface area contributed by atoms with Crippen LogP contribution in [0.2, 0.25) is 0 Å². The number of carbonyl (C=O) groups is 1. The molecule has 0 bridgehead atoms. The van der Waals surface area contributed by atoms with Gasteiger partial charge in [-0.15, -0.1) is 0 Å². The Hall–Kier alpha value is -1.40. The maximum atomic E-state index is 11.8. The number of rotatable bonds is 7. The lowest BCUT2D eigenvalue weighted by Crippen LogP contribution is -2.31. The van der Waals surface area contributed by atoms with Gasteiger partial charge < -0.3 is 15.8 Å². The number of nitrogen functional groups attached to an aromatic ring is 1. The van der Waals surface area contributed by atoms with E-state index >= 15 is 0 Å². The topological polar surface area (TPSA) is 67.6 Å². The lowest BCUT2D eigenvalue weighted by Gasteiger charge is -2.16. The van der Waals surface area contributed by atoms with E-state index in [1.54, 1.807) is 37.1 Å². The Labute approximate surface area is 118 Å². The smallest absolute Gasteiger partial charge is 0.238 e. The summed E-state index contributed by atoms with van der Waals surface area (Å²) in [5.74, 6) is 1.61. The molecule has 0 aliphatic rings. The quantitative estimate of drug-likeness (QED) is 0.743. The van der Waals surface area contributed by atoms with Crippen LogP contribution >= 0.6 is 11.8 Å². The average molecular weight is 283 g/mol. The van der Waals surface area contributed by atoms with E-state index < -0.39 is 0 Å². The minimum atomic E-state index is -0.0690. The van der Waals surface area contributed by atoms with Gasteiger partial charge in [-0.3, -0.25) is 9.69 Å². The highest BCUT2D eigenvalue weighted by Crippen LogP contribution is 2.23. The zero-order valence-corrected chi connectivity index (χ0v) is 12.4. The van der Waals surface area contributed by atoms with Gasteiger partial charge in [0.05, 0.1) is 25.0 Å². The molecule has 106 valence electrons. The first-order valence-corrected chi connectivity index (χ1v) is 7.37. The Morgan fingerprint density at radius 3 is 2.84 bits per heavy atom. The van der Waals surface area contributed by atoms with E-state index in [2.05, 4.69) is 5.32 Å². The van der Waals surface area contributed by atoms with Crippen molar-refractivity contribution in [3.63, 3.8) is 0 Å². The summed E-state index contributed by atoms with van der Waals surface area (Å²) in [6.45, 7) is 1.23. The average Bonchev–Trinajstić information content (AvgIpc) is 2.38. The van der Waals surface area contributed by atoms with E-state index in [1.807, 2.05) is 18.2 Å². The fraction of sp³-hybridized carbons (Fsp3) is 0.462. The van der Waals surface area contributed by atoms with Crippen molar-refractivity contribution in [2.24, 2.45) is 0 Å². The molecule has 0 heterocycles. The van der Waals surface area contributed by atoms with Gasteiger partial charge >= 0.3 is 0 Å². The molecule has 0 aliphatic heterocycles. The minimum absolute atomic E-state index is 0.0690. The number of benzene rings is 1. The molecule has 5 nitrogen and oxygen atoms in total. The Bertz CT molecular complexity index is 426. The van der Waals surface area contributed by atoms with Gasteiger partial charge in [-0.1, -0.05) is 0 Å². The van der Waals surface area contributed by atoms with Gasteiger partial charge in [0.25, 0.3) is 0 Å². The fourth-order valence-electron chi connectivity index (χ4n) is 1.54. The van der Waals surface area contributed by atoms with Crippen molar-refractivity contribution in [1.29, 1.82) is 0 Å². The molecule has 0 aromatic heterocycles.